The Balaban J connectivity index is 0.00000240. The number of methoxy groups -OCH3 is 1. The molecule has 0 amide bonds. The van der Waals surface area contributed by atoms with Gasteiger partial charge in [-0.15, -0.1) is 12.4 Å². The standard InChI is InChI=1S/C20H19N3O4S.ClH/c1-20(2)18(25)11-8-14(24)17-16(13(11)9-21-20)22-19(23-17)12-7-10(28(4)26)5-6-15(12)27-3;/h5-7,9H,8H2,1-4H3,(H,22,23);1H. The lowest BCUT2D eigenvalue weighted by Crippen LogP contribution is -2.36. The first-order valence-corrected chi connectivity index (χ1v) is 10.3. The van der Waals surface area contributed by atoms with E-state index in [0.29, 0.717) is 44.6 Å². The largest absolute Gasteiger partial charge is 0.496 e. The van der Waals surface area contributed by atoms with Crippen molar-refractivity contribution in [3.8, 4) is 17.1 Å². The van der Waals surface area contributed by atoms with Crippen LogP contribution in [-0.4, -0.2) is 50.9 Å². The van der Waals surface area contributed by atoms with Crippen molar-refractivity contribution in [2.75, 3.05) is 13.4 Å². The van der Waals surface area contributed by atoms with Gasteiger partial charge >= 0.3 is 0 Å². The average Bonchev–Trinajstić information content (AvgIpc) is 3.11. The van der Waals surface area contributed by atoms with Crippen molar-refractivity contribution in [1.29, 1.82) is 0 Å². The van der Waals surface area contributed by atoms with Crippen LogP contribution in [0.25, 0.3) is 17.0 Å². The first-order valence-electron chi connectivity index (χ1n) is 8.71. The van der Waals surface area contributed by atoms with Crippen LogP contribution in [0.5, 0.6) is 5.75 Å². The van der Waals surface area contributed by atoms with Crippen LogP contribution in [0.1, 0.15) is 36.5 Å². The quantitative estimate of drug-likeness (QED) is 0.801. The van der Waals surface area contributed by atoms with Crippen molar-refractivity contribution >= 4 is 46.6 Å². The van der Waals surface area contributed by atoms with Crippen molar-refractivity contribution < 1.29 is 18.5 Å². The third-order valence-corrected chi connectivity index (χ3v) is 5.92. The van der Waals surface area contributed by atoms with Crippen LogP contribution in [0.3, 0.4) is 0 Å². The van der Waals surface area contributed by atoms with E-state index >= 15 is 0 Å². The number of benzene rings is 1. The van der Waals surface area contributed by atoms with E-state index in [2.05, 4.69) is 15.0 Å². The molecule has 1 aliphatic heterocycles. The van der Waals surface area contributed by atoms with Crippen LogP contribution >= 0.6 is 12.4 Å². The molecule has 4 rings (SSSR count). The SMILES string of the molecule is COc1ccc(S(C)=O)cc1-c1nc2c([nH]1)C(=O)CC1=C2C=NC(C)(C)C1=O.Cl. The zero-order chi connectivity index (χ0) is 20.2. The molecule has 9 heteroatoms. The summed E-state index contributed by atoms with van der Waals surface area (Å²) < 4.78 is 17.3. The maximum atomic E-state index is 12.7. The Bertz CT molecular complexity index is 1130. The van der Waals surface area contributed by atoms with Gasteiger partial charge in [-0.2, -0.15) is 0 Å². The van der Waals surface area contributed by atoms with Crippen molar-refractivity contribution in [3.05, 3.63) is 35.2 Å². The summed E-state index contributed by atoms with van der Waals surface area (Å²) in [5, 5.41) is 0. The van der Waals surface area contributed by atoms with Crippen molar-refractivity contribution in [2.24, 2.45) is 4.99 Å². The van der Waals surface area contributed by atoms with E-state index in [1.165, 1.54) is 7.11 Å². The maximum absolute atomic E-state index is 12.7. The van der Waals surface area contributed by atoms with Gasteiger partial charge in [0.05, 0.1) is 12.7 Å². The fourth-order valence-electron chi connectivity index (χ4n) is 3.43. The van der Waals surface area contributed by atoms with Gasteiger partial charge in [0.25, 0.3) is 0 Å². The minimum atomic E-state index is -1.18. The molecule has 2 aromatic rings. The number of allylic oxidation sites excluding steroid dienone is 1. The number of aromatic amines is 1. The molecule has 1 unspecified atom stereocenters. The van der Waals surface area contributed by atoms with Gasteiger partial charge in [0, 0.05) is 45.7 Å². The highest BCUT2D eigenvalue weighted by molar-refractivity contribution is 7.84. The van der Waals surface area contributed by atoms with Gasteiger partial charge < -0.3 is 9.72 Å². The molecule has 0 fully saturated rings. The number of halogens is 1. The van der Waals surface area contributed by atoms with Gasteiger partial charge in [-0.05, 0) is 32.0 Å². The molecule has 1 aromatic heterocycles. The number of H-pyrrole nitrogens is 1. The summed E-state index contributed by atoms with van der Waals surface area (Å²) in [5.41, 5.74) is 1.51. The normalized spacial score (nSPS) is 18.1. The molecule has 1 atom stereocenters. The molecule has 0 spiro atoms. The fraction of sp³-hybridized carbons (Fsp3) is 0.300. The van der Waals surface area contributed by atoms with E-state index in [-0.39, 0.29) is 30.4 Å². The number of imidazole rings is 1. The minimum Gasteiger partial charge on any atom is -0.496 e. The predicted molar refractivity (Wildman–Crippen MR) is 114 cm³/mol. The highest BCUT2D eigenvalue weighted by atomic mass is 35.5. The number of ketones is 2. The molecular formula is C20H20ClN3O4S. The topological polar surface area (TPSA) is 101 Å². The van der Waals surface area contributed by atoms with E-state index in [1.54, 1.807) is 44.5 Å². The van der Waals surface area contributed by atoms with Gasteiger partial charge in [-0.25, -0.2) is 4.98 Å². The number of carbonyl (C=O) groups is 2. The van der Waals surface area contributed by atoms with Crippen LogP contribution in [0, 0.1) is 0 Å². The van der Waals surface area contributed by atoms with Crippen molar-refractivity contribution in [1.82, 2.24) is 9.97 Å². The predicted octanol–water partition coefficient (Wildman–Crippen LogP) is 3.02. The molecule has 29 heavy (non-hydrogen) atoms. The second-order valence-electron chi connectivity index (χ2n) is 7.26. The number of aliphatic imine (C=N–C) groups is 1. The number of fused-ring (bicyclic) bond motifs is 2. The van der Waals surface area contributed by atoms with E-state index in [0.717, 1.165) is 0 Å². The molecule has 7 nitrogen and oxygen atoms in total. The summed E-state index contributed by atoms with van der Waals surface area (Å²) in [6.45, 7) is 3.46. The molecule has 0 radical (unpaired) electrons. The van der Waals surface area contributed by atoms with Crippen LogP contribution < -0.4 is 4.74 Å². The number of aromatic nitrogens is 2. The lowest BCUT2D eigenvalue weighted by Gasteiger charge is -2.27. The van der Waals surface area contributed by atoms with Crippen LogP contribution in [-0.2, 0) is 15.6 Å². The fourth-order valence-corrected chi connectivity index (χ4v) is 3.97. The molecule has 0 bridgehead atoms. The third-order valence-electron chi connectivity index (χ3n) is 5.00. The van der Waals surface area contributed by atoms with Crippen molar-refractivity contribution in [2.45, 2.75) is 30.7 Å². The minimum absolute atomic E-state index is 0. The number of nitrogens with one attached hydrogen (secondary N) is 1. The lowest BCUT2D eigenvalue weighted by molar-refractivity contribution is -0.119. The molecule has 2 aliphatic rings. The van der Waals surface area contributed by atoms with E-state index < -0.39 is 16.3 Å². The summed E-state index contributed by atoms with van der Waals surface area (Å²) in [5.74, 6) is 0.606. The maximum Gasteiger partial charge on any atom is 0.186 e. The zero-order valence-electron chi connectivity index (χ0n) is 16.4. The highest BCUT2D eigenvalue weighted by Crippen LogP contribution is 2.38. The second-order valence-corrected chi connectivity index (χ2v) is 8.64. The second kappa shape index (κ2) is 7.35. The summed E-state index contributed by atoms with van der Waals surface area (Å²) in [6.07, 6.45) is 3.24. The number of hydrogen-bond acceptors (Lipinski definition) is 6. The Labute approximate surface area is 176 Å². The van der Waals surface area contributed by atoms with E-state index in [9.17, 15) is 13.8 Å². The average molecular weight is 434 g/mol. The number of carbonyl (C=O) groups excluding carboxylic acids is 2. The van der Waals surface area contributed by atoms with Gasteiger partial charge in [-0.1, -0.05) is 0 Å². The number of ether oxygens (including phenoxy) is 1. The molecule has 1 aliphatic carbocycles. The van der Waals surface area contributed by atoms with E-state index in [1.807, 2.05) is 0 Å². The summed E-state index contributed by atoms with van der Waals surface area (Å²) in [6, 6.07) is 5.16. The molecule has 1 N–H and O–H groups in total. The molecule has 2 heterocycles. The van der Waals surface area contributed by atoms with E-state index in [4.69, 9.17) is 4.74 Å². The number of dihydropyridines is 1. The first kappa shape index (κ1) is 21.1. The third kappa shape index (κ3) is 3.36. The van der Waals surface area contributed by atoms with Crippen molar-refractivity contribution in [3.63, 3.8) is 0 Å². The van der Waals surface area contributed by atoms with Gasteiger partial charge in [0.1, 0.15) is 28.5 Å². The number of nitrogens with zero attached hydrogens (tertiary/aromatic N) is 2. The monoisotopic (exact) mass is 433 g/mol. The Morgan fingerprint density at radius 3 is 2.62 bits per heavy atom. The molecule has 0 saturated carbocycles. The van der Waals surface area contributed by atoms with Crippen LogP contribution in [0.4, 0.5) is 0 Å². The molecule has 0 saturated heterocycles. The molecule has 1 aromatic carbocycles. The summed E-state index contributed by atoms with van der Waals surface area (Å²) in [7, 11) is 0.353. The van der Waals surface area contributed by atoms with Gasteiger partial charge in [0.15, 0.2) is 11.6 Å². The zero-order valence-corrected chi connectivity index (χ0v) is 18.0. The van der Waals surface area contributed by atoms with Gasteiger partial charge in [-0.3, -0.25) is 18.8 Å². The number of hydrogen-bond donors (Lipinski definition) is 1. The van der Waals surface area contributed by atoms with Crippen LogP contribution in [0.2, 0.25) is 0 Å². The Hall–Kier alpha value is -2.58. The first-order chi connectivity index (χ1) is 13.2. The molecular weight excluding hydrogens is 414 g/mol. The smallest absolute Gasteiger partial charge is 0.186 e. The number of Topliss-reactive ketones (excluding diaryl/α,β-unsaturated/α-hetero) is 2. The summed E-state index contributed by atoms with van der Waals surface area (Å²) in [4.78, 5) is 38.0. The summed E-state index contributed by atoms with van der Waals surface area (Å²) >= 11 is 0. The lowest BCUT2D eigenvalue weighted by atomic mass is 9.81. The highest BCUT2D eigenvalue weighted by Gasteiger charge is 2.40. The molecule has 152 valence electrons. The van der Waals surface area contributed by atoms with Gasteiger partial charge in [0.2, 0.25) is 0 Å². The Morgan fingerprint density at radius 1 is 1.24 bits per heavy atom. The number of rotatable bonds is 3. The Kier molecular flexibility index (Phi) is 5.36. The van der Waals surface area contributed by atoms with Crippen LogP contribution in [0.15, 0.2) is 33.7 Å². The Morgan fingerprint density at radius 2 is 1.97 bits per heavy atom.